The molecule has 1 fully saturated rings. The van der Waals surface area contributed by atoms with Gasteiger partial charge >= 0.3 is 0 Å². The summed E-state index contributed by atoms with van der Waals surface area (Å²) in [6, 6.07) is 0. The first kappa shape index (κ1) is 17.4. The molecule has 0 aromatic rings. The molecular formula is C16H33N3O. The van der Waals surface area contributed by atoms with E-state index in [9.17, 15) is 4.79 Å². The fourth-order valence-corrected chi connectivity index (χ4v) is 3.54. The van der Waals surface area contributed by atoms with Crippen LogP contribution in [-0.4, -0.2) is 55.0 Å². The maximum atomic E-state index is 11.9. The Bertz CT molecular complexity index is 306. The first-order valence-electron chi connectivity index (χ1n) is 8.10. The number of amides is 1. The van der Waals surface area contributed by atoms with Crippen molar-refractivity contribution in [2.45, 2.75) is 57.9 Å². The van der Waals surface area contributed by atoms with Gasteiger partial charge in [0.2, 0.25) is 5.91 Å². The van der Waals surface area contributed by atoms with Crippen LogP contribution in [0.1, 0.15) is 52.4 Å². The van der Waals surface area contributed by atoms with E-state index >= 15 is 0 Å². The van der Waals surface area contributed by atoms with Crippen LogP contribution in [0.3, 0.4) is 0 Å². The molecule has 2 N–H and O–H groups in total. The highest BCUT2D eigenvalue weighted by Gasteiger charge is 2.38. The van der Waals surface area contributed by atoms with E-state index in [0.29, 0.717) is 13.0 Å². The van der Waals surface area contributed by atoms with Gasteiger partial charge in [-0.25, -0.2) is 0 Å². The predicted octanol–water partition coefficient (Wildman–Crippen LogP) is 2.08. The molecule has 0 saturated heterocycles. The van der Waals surface area contributed by atoms with Gasteiger partial charge in [-0.3, -0.25) is 9.69 Å². The van der Waals surface area contributed by atoms with Gasteiger partial charge in [-0.1, -0.05) is 26.7 Å². The molecule has 118 valence electrons. The van der Waals surface area contributed by atoms with Gasteiger partial charge in [0.05, 0.1) is 0 Å². The van der Waals surface area contributed by atoms with Crippen LogP contribution in [0.4, 0.5) is 0 Å². The van der Waals surface area contributed by atoms with Gasteiger partial charge in [0.15, 0.2) is 0 Å². The smallest absolute Gasteiger partial charge is 0.223 e. The lowest BCUT2D eigenvalue weighted by Gasteiger charge is -2.48. The van der Waals surface area contributed by atoms with E-state index in [0.717, 1.165) is 25.4 Å². The normalized spacial score (nSPS) is 26.8. The summed E-state index contributed by atoms with van der Waals surface area (Å²) in [5, 5.41) is 0. The fraction of sp³-hybridized carbons (Fsp3) is 0.938. The van der Waals surface area contributed by atoms with Crippen molar-refractivity contribution >= 4 is 5.91 Å². The zero-order valence-electron chi connectivity index (χ0n) is 13.8. The topological polar surface area (TPSA) is 49.6 Å². The first-order valence-corrected chi connectivity index (χ1v) is 8.10. The van der Waals surface area contributed by atoms with E-state index in [1.807, 2.05) is 14.1 Å². The van der Waals surface area contributed by atoms with Crippen molar-refractivity contribution in [2.75, 3.05) is 33.7 Å². The summed E-state index contributed by atoms with van der Waals surface area (Å²) >= 11 is 0. The van der Waals surface area contributed by atoms with Crippen LogP contribution in [0, 0.1) is 5.92 Å². The van der Waals surface area contributed by atoms with Crippen molar-refractivity contribution in [2.24, 2.45) is 11.7 Å². The molecule has 0 spiro atoms. The largest absolute Gasteiger partial charge is 0.349 e. The standard InChI is InChI=1S/C16H33N3O/c1-5-10-19(11-8-15(20)18(3)4)16(13-17)9-6-7-14(2)12-16/h14H,5-13,17H2,1-4H3. The Kier molecular flexibility index (Phi) is 6.96. The molecule has 0 heterocycles. The minimum atomic E-state index is 0.125. The lowest BCUT2D eigenvalue weighted by molar-refractivity contribution is -0.129. The van der Waals surface area contributed by atoms with Crippen molar-refractivity contribution in [3.8, 4) is 0 Å². The highest BCUT2D eigenvalue weighted by atomic mass is 16.2. The molecule has 1 amide bonds. The van der Waals surface area contributed by atoms with Crippen molar-refractivity contribution in [3.05, 3.63) is 0 Å². The monoisotopic (exact) mass is 283 g/mol. The number of rotatable bonds is 7. The molecule has 0 bridgehead atoms. The molecule has 4 nitrogen and oxygen atoms in total. The van der Waals surface area contributed by atoms with Crippen LogP contribution in [0.25, 0.3) is 0 Å². The third kappa shape index (κ3) is 4.45. The summed E-state index contributed by atoms with van der Waals surface area (Å²) < 4.78 is 0. The Morgan fingerprint density at radius 2 is 2.05 bits per heavy atom. The molecule has 0 aromatic carbocycles. The molecular weight excluding hydrogens is 250 g/mol. The van der Waals surface area contributed by atoms with Crippen molar-refractivity contribution in [1.82, 2.24) is 9.80 Å². The Labute approximate surface area is 124 Å². The minimum absolute atomic E-state index is 0.125. The van der Waals surface area contributed by atoms with Gasteiger partial charge < -0.3 is 10.6 Å². The van der Waals surface area contributed by atoms with Crippen LogP contribution in [0.5, 0.6) is 0 Å². The number of carbonyl (C=O) groups excluding carboxylic acids is 1. The first-order chi connectivity index (χ1) is 9.45. The summed E-state index contributed by atoms with van der Waals surface area (Å²) in [6.45, 7) is 7.14. The number of hydrogen-bond acceptors (Lipinski definition) is 3. The van der Waals surface area contributed by atoms with Crippen molar-refractivity contribution in [1.29, 1.82) is 0 Å². The van der Waals surface area contributed by atoms with E-state index in [-0.39, 0.29) is 11.4 Å². The van der Waals surface area contributed by atoms with Gasteiger partial charge in [0.1, 0.15) is 0 Å². The van der Waals surface area contributed by atoms with Crippen LogP contribution in [-0.2, 0) is 4.79 Å². The molecule has 1 rings (SSSR count). The molecule has 1 saturated carbocycles. The number of nitrogens with zero attached hydrogens (tertiary/aromatic N) is 2. The van der Waals surface area contributed by atoms with Gasteiger partial charge in [-0.2, -0.15) is 0 Å². The predicted molar refractivity (Wildman–Crippen MR) is 84.6 cm³/mol. The van der Waals surface area contributed by atoms with E-state index in [2.05, 4.69) is 18.7 Å². The second-order valence-corrected chi connectivity index (χ2v) is 6.66. The molecule has 0 aliphatic heterocycles. The van der Waals surface area contributed by atoms with Crippen molar-refractivity contribution in [3.63, 3.8) is 0 Å². The fourth-order valence-electron chi connectivity index (χ4n) is 3.54. The number of carbonyl (C=O) groups is 1. The lowest BCUT2D eigenvalue weighted by atomic mass is 9.75. The second-order valence-electron chi connectivity index (χ2n) is 6.66. The average molecular weight is 283 g/mol. The van der Waals surface area contributed by atoms with Crippen LogP contribution in [0.2, 0.25) is 0 Å². The minimum Gasteiger partial charge on any atom is -0.349 e. The Balaban J connectivity index is 2.73. The SMILES string of the molecule is CCCN(CCC(=O)N(C)C)C1(CN)CCCC(C)C1. The maximum Gasteiger partial charge on any atom is 0.223 e. The summed E-state index contributed by atoms with van der Waals surface area (Å²) in [4.78, 5) is 16.0. The molecule has 20 heavy (non-hydrogen) atoms. The quantitative estimate of drug-likeness (QED) is 0.778. The third-order valence-corrected chi connectivity index (χ3v) is 4.71. The van der Waals surface area contributed by atoms with E-state index in [1.165, 1.54) is 25.7 Å². The highest BCUT2D eigenvalue weighted by Crippen LogP contribution is 2.36. The van der Waals surface area contributed by atoms with Gasteiger partial charge in [-0.15, -0.1) is 0 Å². The summed E-state index contributed by atoms with van der Waals surface area (Å²) in [5.74, 6) is 0.957. The zero-order valence-corrected chi connectivity index (χ0v) is 13.8. The number of hydrogen-bond donors (Lipinski definition) is 1. The molecule has 2 atom stereocenters. The zero-order chi connectivity index (χ0) is 15.2. The Morgan fingerprint density at radius 3 is 2.55 bits per heavy atom. The van der Waals surface area contributed by atoms with Gasteiger partial charge in [-0.05, 0) is 31.7 Å². The third-order valence-electron chi connectivity index (χ3n) is 4.71. The van der Waals surface area contributed by atoms with E-state index in [1.54, 1.807) is 4.90 Å². The van der Waals surface area contributed by atoms with Gasteiger partial charge in [0, 0.05) is 39.1 Å². The summed E-state index contributed by atoms with van der Waals surface area (Å²) in [5.41, 5.74) is 6.29. The van der Waals surface area contributed by atoms with E-state index < -0.39 is 0 Å². The Hall–Kier alpha value is -0.610. The van der Waals surface area contributed by atoms with E-state index in [4.69, 9.17) is 5.73 Å². The van der Waals surface area contributed by atoms with Crippen LogP contribution in [0.15, 0.2) is 0 Å². The molecule has 2 unspecified atom stereocenters. The maximum absolute atomic E-state index is 11.9. The van der Waals surface area contributed by atoms with Crippen LogP contribution >= 0.6 is 0 Å². The van der Waals surface area contributed by atoms with Crippen LogP contribution < -0.4 is 5.73 Å². The molecule has 1 aliphatic carbocycles. The van der Waals surface area contributed by atoms with Crippen molar-refractivity contribution < 1.29 is 4.79 Å². The molecule has 1 aliphatic rings. The average Bonchev–Trinajstić information content (AvgIpc) is 2.42. The summed E-state index contributed by atoms with van der Waals surface area (Å²) in [6.07, 6.45) is 6.66. The molecule has 0 radical (unpaired) electrons. The number of nitrogens with two attached hydrogens (primary N) is 1. The highest BCUT2D eigenvalue weighted by molar-refractivity contribution is 5.75. The van der Waals surface area contributed by atoms with Gasteiger partial charge in [0.25, 0.3) is 0 Å². The Morgan fingerprint density at radius 1 is 1.35 bits per heavy atom. The second kappa shape index (κ2) is 7.99. The summed E-state index contributed by atoms with van der Waals surface area (Å²) in [7, 11) is 3.65. The molecule has 0 aromatic heterocycles. The molecule has 4 heteroatoms. The lowest BCUT2D eigenvalue weighted by Crippen LogP contribution is -2.57.